The minimum Gasteiger partial charge on any atom is -0.312 e. The first kappa shape index (κ1) is 14.9. The highest BCUT2D eigenvalue weighted by Crippen LogP contribution is 2.11. The molecule has 0 spiro atoms. The molecule has 90 valence electrons. The number of hydrogen-bond donors (Lipinski definition) is 1. The summed E-state index contributed by atoms with van der Waals surface area (Å²) in [4.78, 5) is 10.0. The third kappa shape index (κ3) is 5.09. The maximum absolute atomic E-state index is 10.4. The van der Waals surface area contributed by atoms with Gasteiger partial charge in [-0.2, -0.15) is 0 Å². The first-order chi connectivity index (χ1) is 7.09. The van der Waals surface area contributed by atoms with Gasteiger partial charge in [-0.05, 0) is 18.0 Å². The van der Waals surface area contributed by atoms with Crippen LogP contribution in [-0.4, -0.2) is 11.5 Å². The van der Waals surface area contributed by atoms with E-state index in [0.717, 1.165) is 18.7 Å². The molecule has 4 nitrogen and oxygen atoms in total. The lowest BCUT2D eigenvalue weighted by molar-refractivity contribution is -0.384. The van der Waals surface area contributed by atoms with E-state index in [2.05, 4.69) is 19.2 Å². The normalized spacial score (nSPS) is 9.94. The molecule has 16 heavy (non-hydrogen) atoms. The van der Waals surface area contributed by atoms with Gasteiger partial charge in [0.15, 0.2) is 0 Å². The zero-order valence-electron chi connectivity index (χ0n) is 9.47. The van der Waals surface area contributed by atoms with E-state index in [1.54, 1.807) is 12.1 Å². The highest BCUT2D eigenvalue weighted by atomic mass is 35.5. The van der Waals surface area contributed by atoms with E-state index in [1.807, 2.05) is 0 Å². The van der Waals surface area contributed by atoms with Crippen molar-refractivity contribution in [1.29, 1.82) is 0 Å². The van der Waals surface area contributed by atoms with Crippen LogP contribution in [0.15, 0.2) is 24.3 Å². The van der Waals surface area contributed by atoms with Crippen LogP contribution in [0, 0.1) is 16.0 Å². The smallest absolute Gasteiger partial charge is 0.269 e. The molecule has 1 aromatic carbocycles. The monoisotopic (exact) mass is 244 g/mol. The van der Waals surface area contributed by atoms with E-state index < -0.39 is 0 Å². The number of hydrogen-bond acceptors (Lipinski definition) is 3. The molecular weight excluding hydrogens is 228 g/mol. The summed E-state index contributed by atoms with van der Waals surface area (Å²) in [7, 11) is 0. The minimum atomic E-state index is -0.384. The van der Waals surface area contributed by atoms with Crippen molar-refractivity contribution in [2.75, 3.05) is 6.54 Å². The second kappa shape index (κ2) is 7.19. The van der Waals surface area contributed by atoms with Crippen LogP contribution < -0.4 is 5.32 Å². The molecule has 1 N–H and O–H groups in total. The largest absolute Gasteiger partial charge is 0.312 e. The average Bonchev–Trinajstić information content (AvgIpc) is 2.18. The molecule has 0 radical (unpaired) electrons. The van der Waals surface area contributed by atoms with Crippen molar-refractivity contribution < 1.29 is 4.92 Å². The Morgan fingerprint density at radius 2 is 1.88 bits per heavy atom. The summed E-state index contributed by atoms with van der Waals surface area (Å²) >= 11 is 0. The van der Waals surface area contributed by atoms with Crippen molar-refractivity contribution in [1.82, 2.24) is 5.32 Å². The van der Waals surface area contributed by atoms with Gasteiger partial charge in [-0.25, -0.2) is 0 Å². The predicted molar refractivity (Wildman–Crippen MR) is 66.9 cm³/mol. The molecule has 1 rings (SSSR count). The van der Waals surface area contributed by atoms with E-state index in [0.29, 0.717) is 5.92 Å². The second-order valence-electron chi connectivity index (χ2n) is 3.95. The molecule has 5 heteroatoms. The lowest BCUT2D eigenvalue weighted by Gasteiger charge is -2.06. The number of nitro groups is 1. The van der Waals surface area contributed by atoms with Crippen molar-refractivity contribution in [2.24, 2.45) is 5.92 Å². The van der Waals surface area contributed by atoms with Crippen molar-refractivity contribution in [3.63, 3.8) is 0 Å². The van der Waals surface area contributed by atoms with Crippen molar-refractivity contribution in [3.05, 3.63) is 39.9 Å². The maximum atomic E-state index is 10.4. The van der Waals surface area contributed by atoms with E-state index in [4.69, 9.17) is 0 Å². The first-order valence-electron chi connectivity index (χ1n) is 5.03. The lowest BCUT2D eigenvalue weighted by atomic mass is 10.2. The topological polar surface area (TPSA) is 55.2 Å². The van der Waals surface area contributed by atoms with Crippen LogP contribution in [0.3, 0.4) is 0 Å². The van der Waals surface area contributed by atoms with Gasteiger partial charge < -0.3 is 5.32 Å². The van der Waals surface area contributed by atoms with Gasteiger partial charge in [0, 0.05) is 18.7 Å². The van der Waals surface area contributed by atoms with Gasteiger partial charge in [0.1, 0.15) is 0 Å². The highest BCUT2D eigenvalue weighted by Gasteiger charge is 2.03. The summed E-state index contributed by atoms with van der Waals surface area (Å²) in [5, 5.41) is 13.7. The van der Waals surface area contributed by atoms with Crippen LogP contribution >= 0.6 is 12.4 Å². The Morgan fingerprint density at radius 3 is 2.31 bits per heavy atom. The molecule has 0 aliphatic heterocycles. The molecule has 0 aliphatic rings. The van der Waals surface area contributed by atoms with Crippen molar-refractivity contribution in [2.45, 2.75) is 20.4 Å². The first-order valence-corrected chi connectivity index (χ1v) is 5.03. The molecule has 0 aromatic heterocycles. The quantitative estimate of drug-likeness (QED) is 0.640. The van der Waals surface area contributed by atoms with E-state index in [1.165, 1.54) is 12.1 Å². The predicted octanol–water partition coefficient (Wildman–Crippen LogP) is 2.76. The standard InChI is InChI=1S/C11H16N2O2.ClH/c1-9(2)7-12-8-10-3-5-11(6-4-10)13(14)15;/h3-6,9,12H,7-8H2,1-2H3;1H. The molecular formula is C11H17ClN2O2. The van der Waals surface area contributed by atoms with E-state index in [9.17, 15) is 10.1 Å². The van der Waals surface area contributed by atoms with Crippen LogP contribution in [-0.2, 0) is 6.54 Å². The fourth-order valence-corrected chi connectivity index (χ4v) is 1.24. The van der Waals surface area contributed by atoms with Gasteiger partial charge in [0.2, 0.25) is 0 Å². The molecule has 0 saturated heterocycles. The number of rotatable bonds is 5. The number of nitrogens with one attached hydrogen (secondary N) is 1. The SMILES string of the molecule is CC(C)CNCc1ccc([N+](=O)[O-])cc1.Cl. The zero-order valence-corrected chi connectivity index (χ0v) is 10.3. The molecule has 1 aromatic rings. The van der Waals surface area contributed by atoms with Crippen LogP contribution in [0.2, 0.25) is 0 Å². The fraction of sp³-hybridized carbons (Fsp3) is 0.455. The maximum Gasteiger partial charge on any atom is 0.269 e. The summed E-state index contributed by atoms with van der Waals surface area (Å²) in [5.41, 5.74) is 1.21. The summed E-state index contributed by atoms with van der Waals surface area (Å²) < 4.78 is 0. The number of halogens is 1. The van der Waals surface area contributed by atoms with Crippen LogP contribution in [0.25, 0.3) is 0 Å². The molecule has 0 fully saturated rings. The number of benzene rings is 1. The number of nitro benzene ring substituents is 1. The van der Waals surface area contributed by atoms with Crippen molar-refractivity contribution in [3.8, 4) is 0 Å². The van der Waals surface area contributed by atoms with Crippen molar-refractivity contribution >= 4 is 18.1 Å². The Morgan fingerprint density at radius 1 is 1.31 bits per heavy atom. The highest BCUT2D eigenvalue weighted by molar-refractivity contribution is 5.85. The Hall–Kier alpha value is -1.13. The Labute approximate surface area is 102 Å². The van der Waals surface area contributed by atoms with Crippen LogP contribution in [0.4, 0.5) is 5.69 Å². The Kier molecular flexibility index (Phi) is 6.69. The third-order valence-electron chi connectivity index (χ3n) is 2.03. The van der Waals surface area contributed by atoms with Gasteiger partial charge in [0.05, 0.1) is 4.92 Å². The third-order valence-corrected chi connectivity index (χ3v) is 2.03. The van der Waals surface area contributed by atoms with Gasteiger partial charge in [-0.3, -0.25) is 10.1 Å². The van der Waals surface area contributed by atoms with Gasteiger partial charge in [0.25, 0.3) is 5.69 Å². The fourth-order valence-electron chi connectivity index (χ4n) is 1.24. The second-order valence-corrected chi connectivity index (χ2v) is 3.95. The minimum absolute atomic E-state index is 0. The van der Waals surface area contributed by atoms with Gasteiger partial charge in [-0.15, -0.1) is 12.4 Å². The Bertz CT molecular complexity index is 325. The molecule has 0 amide bonds. The molecule has 0 bridgehead atoms. The number of nitrogens with zero attached hydrogens (tertiary/aromatic N) is 1. The molecule has 0 heterocycles. The molecule has 0 atom stereocenters. The zero-order chi connectivity index (χ0) is 11.3. The molecule has 0 saturated carbocycles. The van der Waals surface area contributed by atoms with Crippen LogP contribution in [0.5, 0.6) is 0 Å². The average molecular weight is 245 g/mol. The van der Waals surface area contributed by atoms with Crippen LogP contribution in [0.1, 0.15) is 19.4 Å². The van der Waals surface area contributed by atoms with Gasteiger partial charge >= 0.3 is 0 Å². The summed E-state index contributed by atoms with van der Waals surface area (Å²) in [6, 6.07) is 6.63. The summed E-state index contributed by atoms with van der Waals surface area (Å²) in [6.45, 7) is 6.00. The van der Waals surface area contributed by atoms with E-state index in [-0.39, 0.29) is 23.0 Å². The lowest BCUT2D eigenvalue weighted by Crippen LogP contribution is -2.18. The van der Waals surface area contributed by atoms with Gasteiger partial charge in [-0.1, -0.05) is 26.0 Å². The number of non-ortho nitro benzene ring substituents is 1. The molecule has 0 aliphatic carbocycles. The summed E-state index contributed by atoms with van der Waals surface area (Å²) in [5.74, 6) is 0.614. The molecule has 0 unspecified atom stereocenters. The Balaban J connectivity index is 0.00000225. The summed E-state index contributed by atoms with van der Waals surface area (Å²) in [6.07, 6.45) is 0. The van der Waals surface area contributed by atoms with E-state index >= 15 is 0 Å².